The number of piperazine rings is 1. The Hall–Kier alpha value is -1.79. The van der Waals surface area contributed by atoms with Gasteiger partial charge in [0, 0.05) is 39.1 Å². The van der Waals surface area contributed by atoms with Crippen molar-refractivity contribution in [2.45, 2.75) is 19.4 Å². The van der Waals surface area contributed by atoms with Crippen LogP contribution in [-0.2, 0) is 0 Å². The molecule has 2 aromatic carbocycles. The topological polar surface area (TPSA) is 56.4 Å². The third kappa shape index (κ3) is 6.99. The van der Waals surface area contributed by atoms with Gasteiger partial charge in [0.15, 0.2) is 11.5 Å². The van der Waals surface area contributed by atoms with Crippen molar-refractivity contribution in [2.24, 2.45) is 0 Å². The van der Waals surface area contributed by atoms with E-state index in [0.717, 1.165) is 50.6 Å². The van der Waals surface area contributed by atoms with Crippen LogP contribution in [0.3, 0.4) is 0 Å². The van der Waals surface area contributed by atoms with E-state index in [9.17, 15) is 0 Å². The molecule has 0 aliphatic carbocycles. The third-order valence-electron chi connectivity index (χ3n) is 4.89. The molecule has 1 unspecified atom stereocenters. The average Bonchev–Trinajstić information content (AvgIpc) is 2.68. The second-order valence-corrected chi connectivity index (χ2v) is 6.83. The van der Waals surface area contributed by atoms with Gasteiger partial charge in [0.2, 0.25) is 0 Å². The molecule has 1 heterocycles. The van der Waals surface area contributed by atoms with Gasteiger partial charge in [-0.25, -0.2) is 0 Å². The Bertz CT molecular complexity index is 664. The molecule has 156 valence electrons. The molecule has 0 aromatic heterocycles. The lowest BCUT2D eigenvalue weighted by atomic mass is 10.1. The maximum absolute atomic E-state index is 6.43. The van der Waals surface area contributed by atoms with Crippen LogP contribution in [0.2, 0.25) is 0 Å². The number of halogens is 1. The number of benzene rings is 2. The maximum atomic E-state index is 6.43. The summed E-state index contributed by atoms with van der Waals surface area (Å²) in [5.41, 5.74) is 1.22. The molecule has 0 spiro atoms. The lowest BCUT2D eigenvalue weighted by Gasteiger charge is -2.33. The summed E-state index contributed by atoms with van der Waals surface area (Å²) in [6.45, 7) is 8.23. The summed E-state index contributed by atoms with van der Waals surface area (Å²) in [4.78, 5) is 4.92. The van der Waals surface area contributed by atoms with Crippen molar-refractivity contribution in [1.82, 2.24) is 9.80 Å². The highest BCUT2D eigenvalue weighted by Gasteiger charge is 2.19. The van der Waals surface area contributed by atoms with Gasteiger partial charge in [0.05, 0.1) is 6.61 Å². The highest BCUT2D eigenvalue weighted by atomic mass is 35.5. The Labute approximate surface area is 175 Å². The molecule has 2 aromatic rings. The second-order valence-electron chi connectivity index (χ2n) is 6.83. The first-order chi connectivity index (χ1) is 12.8. The second kappa shape index (κ2) is 12.6. The molecule has 2 N–H and O–H groups in total. The highest BCUT2D eigenvalue weighted by Crippen LogP contribution is 2.32. The van der Waals surface area contributed by atoms with Crippen molar-refractivity contribution < 1.29 is 14.9 Å². The van der Waals surface area contributed by atoms with Crippen LogP contribution in [0.25, 0.3) is 0 Å². The molecule has 1 saturated heterocycles. The van der Waals surface area contributed by atoms with Crippen LogP contribution in [0.15, 0.2) is 54.6 Å². The fraction of sp³-hybridized carbons (Fsp3) is 0.455. The van der Waals surface area contributed by atoms with E-state index in [0.29, 0.717) is 6.61 Å². The van der Waals surface area contributed by atoms with Gasteiger partial charge in [0.25, 0.3) is 0 Å². The number of hydrogen-bond donors (Lipinski definition) is 0. The van der Waals surface area contributed by atoms with E-state index in [-0.39, 0.29) is 24.0 Å². The minimum Gasteiger partial charge on any atom is -0.490 e. The number of hydrogen-bond acceptors (Lipinski definition) is 4. The van der Waals surface area contributed by atoms with Crippen LogP contribution < -0.4 is 9.47 Å². The number of ether oxygens (including phenoxy) is 2. The van der Waals surface area contributed by atoms with Crippen LogP contribution in [0.1, 0.15) is 25.0 Å². The van der Waals surface area contributed by atoms with Gasteiger partial charge in [-0.1, -0.05) is 42.5 Å². The van der Waals surface area contributed by atoms with Crippen LogP contribution in [0.5, 0.6) is 11.5 Å². The summed E-state index contributed by atoms with van der Waals surface area (Å²) in [5.74, 6) is 1.64. The first-order valence-corrected chi connectivity index (χ1v) is 9.60. The first-order valence-electron chi connectivity index (χ1n) is 9.60. The van der Waals surface area contributed by atoms with Gasteiger partial charge < -0.3 is 24.7 Å². The maximum Gasteiger partial charge on any atom is 0.162 e. The largest absolute Gasteiger partial charge is 0.490 e. The molecular formula is C22H33ClN2O3. The van der Waals surface area contributed by atoms with Gasteiger partial charge >= 0.3 is 0 Å². The first kappa shape index (κ1) is 24.2. The lowest BCUT2D eigenvalue weighted by molar-refractivity contribution is 0.121. The zero-order valence-electron chi connectivity index (χ0n) is 16.8. The molecule has 0 saturated carbocycles. The van der Waals surface area contributed by atoms with E-state index in [1.165, 1.54) is 5.56 Å². The van der Waals surface area contributed by atoms with E-state index in [1.54, 1.807) is 0 Å². The summed E-state index contributed by atoms with van der Waals surface area (Å²) >= 11 is 0. The van der Waals surface area contributed by atoms with Gasteiger partial charge in [-0.05, 0) is 31.7 Å². The number of nitrogens with zero attached hydrogens (tertiary/aromatic N) is 2. The average molecular weight is 409 g/mol. The normalized spacial score (nSPS) is 15.8. The third-order valence-corrected chi connectivity index (χ3v) is 4.89. The van der Waals surface area contributed by atoms with Crippen molar-refractivity contribution in [3.05, 3.63) is 60.2 Å². The predicted molar refractivity (Wildman–Crippen MR) is 117 cm³/mol. The van der Waals surface area contributed by atoms with Gasteiger partial charge in [-0.3, -0.25) is 0 Å². The molecule has 0 bridgehead atoms. The zero-order valence-corrected chi connectivity index (χ0v) is 17.7. The quantitative estimate of drug-likeness (QED) is 0.671. The van der Waals surface area contributed by atoms with E-state index >= 15 is 0 Å². The van der Waals surface area contributed by atoms with Crippen molar-refractivity contribution in [3.63, 3.8) is 0 Å². The Morgan fingerprint density at radius 3 is 2.14 bits per heavy atom. The molecule has 0 radical (unpaired) electrons. The van der Waals surface area contributed by atoms with Gasteiger partial charge in [-0.15, -0.1) is 12.4 Å². The summed E-state index contributed by atoms with van der Waals surface area (Å²) in [6, 6.07) is 18.5. The lowest BCUT2D eigenvalue weighted by Crippen LogP contribution is -2.45. The molecule has 1 fully saturated rings. The summed E-state index contributed by atoms with van der Waals surface area (Å²) in [6.07, 6.45) is 0.992. The minimum absolute atomic E-state index is 0. The Morgan fingerprint density at radius 2 is 1.50 bits per heavy atom. The monoisotopic (exact) mass is 408 g/mol. The fourth-order valence-electron chi connectivity index (χ4n) is 3.31. The van der Waals surface area contributed by atoms with E-state index in [4.69, 9.17) is 9.47 Å². The predicted octanol–water partition coefficient (Wildman–Crippen LogP) is 3.44. The fourth-order valence-corrected chi connectivity index (χ4v) is 3.31. The molecule has 28 heavy (non-hydrogen) atoms. The molecule has 1 aliphatic heterocycles. The number of para-hydroxylation sites is 2. The molecule has 5 nitrogen and oxygen atoms in total. The van der Waals surface area contributed by atoms with E-state index in [1.807, 2.05) is 31.2 Å². The standard InChI is InChI=1S/C22H30N2O2.ClH.H2O/c1-3-25-21-11-7-8-12-22(21)26-20(19-9-5-4-6-10-19)13-14-24-17-15-23(2)16-18-24;;/h4-12,20H,3,13-18H2,1-2H3;1H;1H2. The molecular weight excluding hydrogens is 376 g/mol. The summed E-state index contributed by atoms with van der Waals surface area (Å²) < 4.78 is 12.2. The number of likely N-dealkylation sites (N-methyl/N-ethyl adjacent to an activating group) is 1. The van der Waals surface area contributed by atoms with Crippen LogP contribution >= 0.6 is 12.4 Å². The van der Waals surface area contributed by atoms with Gasteiger partial charge in [-0.2, -0.15) is 0 Å². The summed E-state index contributed by atoms with van der Waals surface area (Å²) in [7, 11) is 2.19. The van der Waals surface area contributed by atoms with Crippen molar-refractivity contribution in [1.29, 1.82) is 0 Å². The zero-order chi connectivity index (χ0) is 18.2. The van der Waals surface area contributed by atoms with Crippen LogP contribution in [0.4, 0.5) is 0 Å². The molecule has 1 atom stereocenters. The Balaban J connectivity index is 0.00000196. The molecule has 1 aliphatic rings. The highest BCUT2D eigenvalue weighted by molar-refractivity contribution is 5.85. The van der Waals surface area contributed by atoms with Crippen molar-refractivity contribution >= 4 is 12.4 Å². The smallest absolute Gasteiger partial charge is 0.162 e. The van der Waals surface area contributed by atoms with E-state index < -0.39 is 0 Å². The minimum atomic E-state index is 0. The van der Waals surface area contributed by atoms with E-state index in [2.05, 4.69) is 47.2 Å². The van der Waals surface area contributed by atoms with Gasteiger partial charge in [0.1, 0.15) is 6.10 Å². The number of rotatable bonds is 8. The van der Waals surface area contributed by atoms with Crippen LogP contribution in [0, 0.1) is 0 Å². The van der Waals surface area contributed by atoms with Crippen molar-refractivity contribution in [2.75, 3.05) is 46.4 Å². The van der Waals surface area contributed by atoms with Crippen LogP contribution in [-0.4, -0.2) is 61.7 Å². The summed E-state index contributed by atoms with van der Waals surface area (Å²) in [5, 5.41) is 0. The van der Waals surface area contributed by atoms with Crippen molar-refractivity contribution in [3.8, 4) is 11.5 Å². The molecule has 6 heteroatoms. The SMILES string of the molecule is CCOc1ccccc1OC(CCN1CCN(C)CC1)c1ccccc1.Cl.O. The Kier molecular flexibility index (Phi) is 10.9. The Morgan fingerprint density at radius 1 is 0.893 bits per heavy atom. The molecule has 0 amide bonds. The molecule has 3 rings (SSSR count).